The first-order chi connectivity index (χ1) is 10.6. The zero-order chi connectivity index (χ0) is 15.9. The largest absolute Gasteiger partial charge is 0.508 e. The van der Waals surface area contributed by atoms with E-state index >= 15 is 0 Å². The Kier molecular flexibility index (Phi) is 5.17. The van der Waals surface area contributed by atoms with E-state index in [2.05, 4.69) is 26.6 Å². The predicted molar refractivity (Wildman–Crippen MR) is 88.2 cm³/mol. The Bertz CT molecular complexity index is 749. The third-order valence-electron chi connectivity index (χ3n) is 2.70. The smallest absolute Gasteiger partial charge is 0.267 e. The van der Waals surface area contributed by atoms with Crippen LogP contribution in [-0.2, 0) is 4.79 Å². The quantitative estimate of drug-likeness (QED) is 0.443. The highest BCUT2D eigenvalue weighted by molar-refractivity contribution is 9.10. The summed E-state index contributed by atoms with van der Waals surface area (Å²) in [7, 11) is 0. The second-order valence-corrected chi connectivity index (χ2v) is 5.24. The number of nitrogens with one attached hydrogen (secondary N) is 2. The molecule has 2 aromatic carbocycles. The number of benzene rings is 2. The summed E-state index contributed by atoms with van der Waals surface area (Å²) in [6.45, 7) is 0. The van der Waals surface area contributed by atoms with Gasteiger partial charge in [-0.2, -0.15) is 5.26 Å². The molecular weight excluding hydrogens is 346 g/mol. The predicted octanol–water partition coefficient (Wildman–Crippen LogP) is 3.61. The van der Waals surface area contributed by atoms with Crippen LogP contribution in [0.4, 0.5) is 11.4 Å². The molecule has 22 heavy (non-hydrogen) atoms. The van der Waals surface area contributed by atoms with Gasteiger partial charge in [0.1, 0.15) is 17.4 Å². The molecule has 0 radical (unpaired) electrons. The van der Waals surface area contributed by atoms with Gasteiger partial charge < -0.3 is 15.7 Å². The maximum absolute atomic E-state index is 12.0. The fourth-order valence-electron chi connectivity index (χ4n) is 1.63. The second kappa shape index (κ2) is 7.29. The highest BCUT2D eigenvalue weighted by Crippen LogP contribution is 2.17. The molecule has 2 aromatic rings. The van der Waals surface area contributed by atoms with E-state index in [0.29, 0.717) is 5.69 Å². The summed E-state index contributed by atoms with van der Waals surface area (Å²) >= 11 is 3.34. The van der Waals surface area contributed by atoms with E-state index in [1.54, 1.807) is 12.1 Å². The van der Waals surface area contributed by atoms with Crippen molar-refractivity contribution in [1.82, 2.24) is 0 Å². The van der Waals surface area contributed by atoms with Gasteiger partial charge in [0.05, 0.1) is 0 Å². The molecule has 0 saturated carbocycles. The number of hydrogen-bond donors (Lipinski definition) is 3. The molecule has 0 heterocycles. The lowest BCUT2D eigenvalue weighted by molar-refractivity contribution is -0.112. The molecule has 3 N–H and O–H groups in total. The lowest BCUT2D eigenvalue weighted by Gasteiger charge is -2.05. The highest BCUT2D eigenvalue weighted by atomic mass is 79.9. The molecule has 0 aliphatic carbocycles. The van der Waals surface area contributed by atoms with Gasteiger partial charge in [-0.15, -0.1) is 0 Å². The van der Waals surface area contributed by atoms with E-state index in [1.165, 1.54) is 18.3 Å². The molecule has 0 aliphatic heterocycles. The third kappa shape index (κ3) is 4.36. The molecule has 0 aliphatic rings. The Morgan fingerprint density at radius 2 is 1.91 bits per heavy atom. The van der Waals surface area contributed by atoms with Crippen LogP contribution in [0.1, 0.15) is 0 Å². The minimum absolute atomic E-state index is 0.0620. The molecule has 0 spiro atoms. The summed E-state index contributed by atoms with van der Waals surface area (Å²) in [6, 6.07) is 15.2. The Balaban J connectivity index is 2.07. The van der Waals surface area contributed by atoms with Crippen LogP contribution < -0.4 is 10.6 Å². The summed E-state index contributed by atoms with van der Waals surface area (Å²) in [4.78, 5) is 12.0. The first-order valence-electron chi connectivity index (χ1n) is 6.31. The summed E-state index contributed by atoms with van der Waals surface area (Å²) in [5.74, 6) is -0.430. The SMILES string of the molecule is N#C/C(=C/Nc1cccc(Br)c1)C(=O)Nc1ccc(O)cc1. The van der Waals surface area contributed by atoms with Crippen LogP contribution in [0.25, 0.3) is 0 Å². The number of phenolic OH excluding ortho intramolecular Hbond substituents is 1. The summed E-state index contributed by atoms with van der Waals surface area (Å²) in [6.07, 6.45) is 1.34. The molecule has 0 saturated heterocycles. The van der Waals surface area contributed by atoms with E-state index in [9.17, 15) is 9.90 Å². The second-order valence-electron chi connectivity index (χ2n) is 4.33. The van der Waals surface area contributed by atoms with Crippen molar-refractivity contribution in [2.45, 2.75) is 0 Å². The molecule has 0 unspecified atom stereocenters. The lowest BCUT2D eigenvalue weighted by Crippen LogP contribution is -2.14. The van der Waals surface area contributed by atoms with Crippen molar-refractivity contribution in [2.75, 3.05) is 10.6 Å². The maximum atomic E-state index is 12.0. The number of anilines is 2. The number of halogens is 1. The molecule has 0 aromatic heterocycles. The number of carbonyl (C=O) groups is 1. The molecule has 5 nitrogen and oxygen atoms in total. The summed E-state index contributed by atoms with van der Waals surface area (Å²) in [5.41, 5.74) is 1.18. The summed E-state index contributed by atoms with van der Waals surface area (Å²) < 4.78 is 0.887. The van der Waals surface area contributed by atoms with Crippen molar-refractivity contribution in [3.05, 3.63) is 64.8 Å². The van der Waals surface area contributed by atoms with Gasteiger partial charge in [-0.1, -0.05) is 22.0 Å². The Labute approximate surface area is 136 Å². The van der Waals surface area contributed by atoms with Crippen LogP contribution in [0.3, 0.4) is 0 Å². The Morgan fingerprint density at radius 1 is 1.18 bits per heavy atom. The molecule has 0 bridgehead atoms. The number of amides is 1. The van der Waals surface area contributed by atoms with E-state index < -0.39 is 5.91 Å². The number of hydrogen-bond acceptors (Lipinski definition) is 4. The molecule has 6 heteroatoms. The zero-order valence-electron chi connectivity index (χ0n) is 11.4. The topological polar surface area (TPSA) is 85.2 Å². The van der Waals surface area contributed by atoms with Crippen molar-refractivity contribution in [2.24, 2.45) is 0 Å². The fraction of sp³-hybridized carbons (Fsp3) is 0. The van der Waals surface area contributed by atoms with Crippen molar-refractivity contribution in [3.8, 4) is 11.8 Å². The van der Waals surface area contributed by atoms with Crippen LogP contribution in [0, 0.1) is 11.3 Å². The van der Waals surface area contributed by atoms with E-state index in [4.69, 9.17) is 5.26 Å². The summed E-state index contributed by atoms with van der Waals surface area (Å²) in [5, 5.41) is 23.7. The van der Waals surface area contributed by atoms with Gasteiger partial charge in [0.2, 0.25) is 0 Å². The van der Waals surface area contributed by atoms with Crippen LogP contribution in [0.2, 0.25) is 0 Å². The van der Waals surface area contributed by atoms with Crippen molar-refractivity contribution in [3.63, 3.8) is 0 Å². The van der Waals surface area contributed by atoms with Gasteiger partial charge >= 0.3 is 0 Å². The van der Waals surface area contributed by atoms with Crippen LogP contribution in [0.5, 0.6) is 5.75 Å². The minimum Gasteiger partial charge on any atom is -0.508 e. The van der Waals surface area contributed by atoms with Gasteiger partial charge in [-0.05, 0) is 42.5 Å². The van der Waals surface area contributed by atoms with E-state index in [1.807, 2.05) is 30.3 Å². The van der Waals surface area contributed by atoms with Gasteiger partial charge in [0.15, 0.2) is 0 Å². The van der Waals surface area contributed by atoms with Crippen molar-refractivity contribution < 1.29 is 9.90 Å². The highest BCUT2D eigenvalue weighted by Gasteiger charge is 2.09. The van der Waals surface area contributed by atoms with E-state index in [-0.39, 0.29) is 11.3 Å². The maximum Gasteiger partial charge on any atom is 0.267 e. The van der Waals surface area contributed by atoms with Crippen LogP contribution in [-0.4, -0.2) is 11.0 Å². The average molecular weight is 358 g/mol. The third-order valence-corrected chi connectivity index (χ3v) is 3.19. The molecule has 2 rings (SSSR count). The van der Waals surface area contributed by atoms with Crippen LogP contribution >= 0.6 is 15.9 Å². The Morgan fingerprint density at radius 3 is 2.55 bits per heavy atom. The number of aromatic hydroxyl groups is 1. The number of nitrogens with zero attached hydrogens (tertiary/aromatic N) is 1. The molecule has 1 amide bonds. The lowest BCUT2D eigenvalue weighted by atomic mass is 10.2. The molecular formula is C16H12BrN3O2. The first-order valence-corrected chi connectivity index (χ1v) is 7.10. The Hall–Kier alpha value is -2.78. The number of phenols is 1. The number of carbonyl (C=O) groups excluding carboxylic acids is 1. The first kappa shape index (κ1) is 15.6. The fourth-order valence-corrected chi connectivity index (χ4v) is 2.02. The number of nitriles is 1. The zero-order valence-corrected chi connectivity index (χ0v) is 13.0. The van der Waals surface area contributed by atoms with Crippen LogP contribution in [0.15, 0.2) is 64.8 Å². The molecule has 0 atom stereocenters. The monoisotopic (exact) mass is 357 g/mol. The normalized spacial score (nSPS) is 10.6. The van der Waals surface area contributed by atoms with Gasteiger partial charge in [0, 0.05) is 22.0 Å². The molecule has 110 valence electrons. The van der Waals surface area contributed by atoms with Crippen molar-refractivity contribution >= 4 is 33.2 Å². The van der Waals surface area contributed by atoms with Crippen molar-refractivity contribution in [1.29, 1.82) is 5.26 Å². The van der Waals surface area contributed by atoms with Gasteiger partial charge in [0.25, 0.3) is 5.91 Å². The number of rotatable bonds is 4. The average Bonchev–Trinajstić information content (AvgIpc) is 2.50. The van der Waals surface area contributed by atoms with Gasteiger partial charge in [-0.3, -0.25) is 4.79 Å². The van der Waals surface area contributed by atoms with Gasteiger partial charge in [-0.25, -0.2) is 0 Å². The van der Waals surface area contributed by atoms with E-state index in [0.717, 1.165) is 10.2 Å². The standard InChI is InChI=1S/C16H12BrN3O2/c17-12-2-1-3-14(8-12)19-10-11(9-18)16(22)20-13-4-6-15(21)7-5-13/h1-8,10,19,21H,(H,20,22)/b11-10-. The minimum atomic E-state index is -0.532. The molecule has 0 fully saturated rings.